The van der Waals surface area contributed by atoms with Crippen molar-refractivity contribution in [2.24, 2.45) is 0 Å². The zero-order chi connectivity index (χ0) is 15.2. The highest BCUT2D eigenvalue weighted by atomic mass is 32.2. The molecule has 20 heavy (non-hydrogen) atoms. The Kier molecular flexibility index (Phi) is 6.56. The molecule has 0 heterocycles. The van der Waals surface area contributed by atoms with E-state index in [0.717, 1.165) is 12.3 Å². The molecule has 0 aromatic heterocycles. The molecule has 0 bridgehead atoms. The molecule has 4 heteroatoms. The number of aryl methyl sites for hydroxylation is 1. The van der Waals surface area contributed by atoms with Crippen molar-refractivity contribution in [2.75, 3.05) is 12.9 Å². The maximum atomic E-state index is 11.1. The first kappa shape index (κ1) is 17.1. The lowest BCUT2D eigenvalue weighted by Crippen LogP contribution is -2.35. The SMILES string of the molecule is COC(=O)CCSc1ccc(CNC(C)(C)C)c(C)c1. The van der Waals surface area contributed by atoms with Crippen molar-refractivity contribution in [3.63, 3.8) is 0 Å². The number of hydrogen-bond donors (Lipinski definition) is 1. The highest BCUT2D eigenvalue weighted by molar-refractivity contribution is 7.99. The lowest BCUT2D eigenvalue weighted by atomic mass is 10.1. The molecule has 0 aliphatic carbocycles. The predicted octanol–water partition coefficient (Wildman–Crippen LogP) is 3.54. The number of carbonyl (C=O) groups is 1. The molecule has 0 saturated heterocycles. The summed E-state index contributed by atoms with van der Waals surface area (Å²) in [5.74, 6) is 0.603. The van der Waals surface area contributed by atoms with E-state index in [9.17, 15) is 4.79 Å². The third-order valence-electron chi connectivity index (χ3n) is 2.93. The van der Waals surface area contributed by atoms with Crippen molar-refractivity contribution in [1.82, 2.24) is 5.32 Å². The summed E-state index contributed by atoms with van der Waals surface area (Å²) in [6.45, 7) is 9.50. The Morgan fingerprint density at radius 1 is 1.35 bits per heavy atom. The Labute approximate surface area is 126 Å². The highest BCUT2D eigenvalue weighted by Crippen LogP contribution is 2.22. The van der Waals surface area contributed by atoms with E-state index in [4.69, 9.17) is 0 Å². The molecule has 1 aromatic carbocycles. The number of hydrogen-bond acceptors (Lipinski definition) is 4. The average Bonchev–Trinajstić information content (AvgIpc) is 2.36. The summed E-state index contributed by atoms with van der Waals surface area (Å²) < 4.78 is 4.63. The van der Waals surface area contributed by atoms with Gasteiger partial charge >= 0.3 is 5.97 Å². The third-order valence-corrected chi connectivity index (χ3v) is 3.92. The summed E-state index contributed by atoms with van der Waals surface area (Å²) in [6.07, 6.45) is 0.452. The van der Waals surface area contributed by atoms with Gasteiger partial charge in [0, 0.05) is 22.7 Å². The van der Waals surface area contributed by atoms with Crippen LogP contribution in [-0.2, 0) is 16.1 Å². The van der Waals surface area contributed by atoms with Gasteiger partial charge in [0.15, 0.2) is 0 Å². The minimum atomic E-state index is -0.153. The van der Waals surface area contributed by atoms with E-state index < -0.39 is 0 Å². The fourth-order valence-corrected chi connectivity index (χ4v) is 2.60. The lowest BCUT2D eigenvalue weighted by molar-refractivity contribution is -0.140. The molecular weight excluding hydrogens is 270 g/mol. The molecule has 0 aliphatic rings. The second kappa shape index (κ2) is 7.70. The van der Waals surface area contributed by atoms with Crippen LogP contribution in [0.4, 0.5) is 0 Å². The fraction of sp³-hybridized carbons (Fsp3) is 0.562. The predicted molar refractivity (Wildman–Crippen MR) is 85.1 cm³/mol. The molecule has 1 rings (SSSR count). The first-order chi connectivity index (χ1) is 9.31. The number of carbonyl (C=O) groups excluding carboxylic acids is 1. The van der Waals surface area contributed by atoms with Gasteiger partial charge in [0.1, 0.15) is 0 Å². The van der Waals surface area contributed by atoms with E-state index in [1.807, 2.05) is 0 Å². The van der Waals surface area contributed by atoms with Crippen LogP contribution < -0.4 is 5.32 Å². The van der Waals surface area contributed by atoms with Crippen LogP contribution in [0, 0.1) is 6.92 Å². The van der Waals surface area contributed by atoms with E-state index in [1.54, 1.807) is 11.8 Å². The topological polar surface area (TPSA) is 38.3 Å². The summed E-state index contributed by atoms with van der Waals surface area (Å²) in [7, 11) is 1.42. The second-order valence-corrected chi connectivity index (χ2v) is 7.03. The van der Waals surface area contributed by atoms with Gasteiger partial charge in [-0.3, -0.25) is 4.79 Å². The molecule has 0 unspecified atom stereocenters. The van der Waals surface area contributed by atoms with E-state index in [2.05, 4.69) is 55.9 Å². The van der Waals surface area contributed by atoms with Crippen molar-refractivity contribution in [1.29, 1.82) is 0 Å². The first-order valence-corrected chi connectivity index (χ1v) is 7.84. The Morgan fingerprint density at radius 3 is 2.60 bits per heavy atom. The van der Waals surface area contributed by atoms with Gasteiger partial charge in [-0.1, -0.05) is 6.07 Å². The Balaban J connectivity index is 2.53. The van der Waals surface area contributed by atoms with Crippen molar-refractivity contribution in [2.45, 2.75) is 51.1 Å². The van der Waals surface area contributed by atoms with Crippen molar-refractivity contribution in [3.8, 4) is 0 Å². The minimum Gasteiger partial charge on any atom is -0.469 e. The van der Waals surface area contributed by atoms with Gasteiger partial charge in [-0.25, -0.2) is 0 Å². The van der Waals surface area contributed by atoms with Gasteiger partial charge in [-0.2, -0.15) is 0 Å². The minimum absolute atomic E-state index is 0.125. The largest absolute Gasteiger partial charge is 0.469 e. The molecule has 0 radical (unpaired) electrons. The molecule has 112 valence electrons. The number of benzene rings is 1. The molecular formula is C16H25NO2S. The molecule has 0 saturated carbocycles. The van der Waals surface area contributed by atoms with Crippen molar-refractivity contribution < 1.29 is 9.53 Å². The standard InChI is InChI=1S/C16H25NO2S/c1-12-10-14(20-9-8-15(18)19-5)7-6-13(12)11-17-16(2,3)4/h6-7,10,17H,8-9,11H2,1-5H3. The van der Waals surface area contributed by atoms with E-state index >= 15 is 0 Å². The quantitative estimate of drug-likeness (QED) is 0.643. The smallest absolute Gasteiger partial charge is 0.306 e. The third kappa shape index (κ3) is 6.44. The Bertz CT molecular complexity index is 452. The molecule has 3 nitrogen and oxygen atoms in total. The van der Waals surface area contributed by atoms with Crippen LogP contribution >= 0.6 is 11.8 Å². The zero-order valence-corrected chi connectivity index (χ0v) is 13.9. The summed E-state index contributed by atoms with van der Waals surface area (Å²) in [5.41, 5.74) is 2.72. The van der Waals surface area contributed by atoms with Gasteiger partial charge in [-0.05, 0) is 51.0 Å². The van der Waals surface area contributed by atoms with Crippen LogP contribution in [0.5, 0.6) is 0 Å². The fourth-order valence-electron chi connectivity index (χ4n) is 1.67. The summed E-state index contributed by atoms with van der Waals surface area (Å²) >= 11 is 1.69. The van der Waals surface area contributed by atoms with E-state index in [0.29, 0.717) is 6.42 Å². The van der Waals surface area contributed by atoms with Gasteiger partial charge in [0.2, 0.25) is 0 Å². The van der Waals surface area contributed by atoms with Crippen LogP contribution in [0.3, 0.4) is 0 Å². The van der Waals surface area contributed by atoms with Gasteiger partial charge < -0.3 is 10.1 Å². The maximum Gasteiger partial charge on any atom is 0.306 e. The Hall–Kier alpha value is -1.00. The molecule has 0 spiro atoms. The summed E-state index contributed by atoms with van der Waals surface area (Å²) in [5, 5.41) is 3.50. The lowest BCUT2D eigenvalue weighted by Gasteiger charge is -2.21. The Morgan fingerprint density at radius 2 is 2.05 bits per heavy atom. The van der Waals surface area contributed by atoms with Crippen LogP contribution in [-0.4, -0.2) is 24.4 Å². The number of ether oxygens (including phenoxy) is 1. The molecule has 0 atom stereocenters. The number of thioether (sulfide) groups is 1. The number of nitrogens with one attached hydrogen (secondary N) is 1. The summed E-state index contributed by atoms with van der Waals surface area (Å²) in [6, 6.07) is 6.46. The molecule has 1 N–H and O–H groups in total. The molecule has 0 amide bonds. The number of methoxy groups -OCH3 is 1. The summed E-state index contributed by atoms with van der Waals surface area (Å²) in [4.78, 5) is 12.3. The highest BCUT2D eigenvalue weighted by Gasteiger charge is 2.09. The van der Waals surface area contributed by atoms with Crippen LogP contribution in [0.1, 0.15) is 38.3 Å². The average molecular weight is 295 g/mol. The van der Waals surface area contributed by atoms with Crippen LogP contribution in [0.15, 0.2) is 23.1 Å². The van der Waals surface area contributed by atoms with Gasteiger partial charge in [-0.15, -0.1) is 11.8 Å². The van der Waals surface area contributed by atoms with E-state index in [-0.39, 0.29) is 11.5 Å². The zero-order valence-electron chi connectivity index (χ0n) is 13.1. The van der Waals surface area contributed by atoms with Crippen LogP contribution in [0.25, 0.3) is 0 Å². The van der Waals surface area contributed by atoms with Gasteiger partial charge in [0.05, 0.1) is 13.5 Å². The molecule has 1 aromatic rings. The maximum absolute atomic E-state index is 11.1. The first-order valence-electron chi connectivity index (χ1n) is 6.86. The van der Waals surface area contributed by atoms with Crippen molar-refractivity contribution >= 4 is 17.7 Å². The normalized spacial score (nSPS) is 11.4. The van der Waals surface area contributed by atoms with Crippen molar-refractivity contribution in [3.05, 3.63) is 29.3 Å². The van der Waals surface area contributed by atoms with E-state index in [1.165, 1.54) is 23.1 Å². The van der Waals surface area contributed by atoms with Crippen LogP contribution in [0.2, 0.25) is 0 Å². The number of esters is 1. The monoisotopic (exact) mass is 295 g/mol. The number of rotatable bonds is 6. The van der Waals surface area contributed by atoms with Gasteiger partial charge in [0.25, 0.3) is 0 Å². The molecule has 0 fully saturated rings. The molecule has 0 aliphatic heterocycles. The second-order valence-electron chi connectivity index (χ2n) is 5.87.